The predicted octanol–water partition coefficient (Wildman–Crippen LogP) is 0.639. The van der Waals surface area contributed by atoms with Crippen molar-refractivity contribution in [1.82, 2.24) is 4.90 Å². The van der Waals surface area contributed by atoms with E-state index in [0.29, 0.717) is 0 Å². The van der Waals surface area contributed by atoms with Crippen LogP contribution in [0.3, 0.4) is 0 Å². The summed E-state index contributed by atoms with van der Waals surface area (Å²) < 4.78 is 0. The molecule has 0 unspecified atom stereocenters. The first-order valence-electron chi connectivity index (χ1n) is 4.74. The van der Waals surface area contributed by atoms with Crippen molar-refractivity contribution in [2.24, 2.45) is 5.41 Å². The molecule has 90 valence electrons. The lowest BCUT2D eigenvalue weighted by Crippen LogP contribution is -2.50. The van der Waals surface area contributed by atoms with Gasteiger partial charge in [-0.1, -0.05) is 0 Å². The highest BCUT2D eigenvalue weighted by Crippen LogP contribution is 2.33. The minimum atomic E-state index is -1.51. The number of ketones is 1. The molecule has 1 amide bonds. The highest BCUT2D eigenvalue weighted by atomic mass is 35.5. The molecule has 7 heteroatoms. The molecule has 1 aliphatic rings. The molecule has 0 spiro atoms. The van der Waals surface area contributed by atoms with Crippen LogP contribution in [0.2, 0.25) is 0 Å². The summed E-state index contributed by atoms with van der Waals surface area (Å²) in [6.45, 7) is 0.0918. The fourth-order valence-corrected chi connectivity index (χ4v) is 2.08. The Hall–Kier alpha value is -1.30. The van der Waals surface area contributed by atoms with Crippen LogP contribution >= 0.6 is 11.6 Å². The fraction of sp³-hybridized carbons (Fsp3) is 0.667. The van der Waals surface area contributed by atoms with E-state index in [0.717, 1.165) is 4.90 Å². The van der Waals surface area contributed by atoms with Gasteiger partial charge in [0.05, 0.1) is 5.88 Å². The van der Waals surface area contributed by atoms with Gasteiger partial charge in [0, 0.05) is 13.1 Å². The van der Waals surface area contributed by atoms with Crippen molar-refractivity contribution in [3.63, 3.8) is 0 Å². The standard InChI is InChI=1S/C9H12ClNO5/c10-5-6(12)9(7(13)14)1-3-11(4-2-9)8(15)16/h1-5H2,(H,13,14)(H,15,16). The van der Waals surface area contributed by atoms with E-state index >= 15 is 0 Å². The summed E-state index contributed by atoms with van der Waals surface area (Å²) in [5, 5.41) is 17.8. The minimum Gasteiger partial charge on any atom is -0.480 e. The lowest BCUT2D eigenvalue weighted by atomic mass is 9.75. The first-order chi connectivity index (χ1) is 7.44. The Kier molecular flexibility index (Phi) is 3.74. The van der Waals surface area contributed by atoms with Crippen molar-refractivity contribution < 1.29 is 24.6 Å². The molecule has 1 fully saturated rings. The minimum absolute atomic E-state index is 0.0137. The summed E-state index contributed by atoms with van der Waals surface area (Å²) >= 11 is 5.38. The topological polar surface area (TPSA) is 94.9 Å². The Bertz CT molecular complexity index is 322. The number of carbonyl (C=O) groups is 3. The van der Waals surface area contributed by atoms with E-state index in [1.165, 1.54) is 0 Å². The summed E-state index contributed by atoms with van der Waals surface area (Å²) in [4.78, 5) is 34.4. The van der Waals surface area contributed by atoms with Crippen LogP contribution in [0.1, 0.15) is 12.8 Å². The molecule has 0 aromatic rings. The van der Waals surface area contributed by atoms with Gasteiger partial charge in [0.25, 0.3) is 0 Å². The van der Waals surface area contributed by atoms with E-state index < -0.39 is 23.3 Å². The summed E-state index contributed by atoms with van der Waals surface area (Å²) in [6.07, 6.45) is -1.13. The molecule has 0 aromatic heterocycles. The van der Waals surface area contributed by atoms with Crippen molar-refractivity contribution in [3.8, 4) is 0 Å². The van der Waals surface area contributed by atoms with Gasteiger partial charge in [0.15, 0.2) is 5.78 Å². The number of halogens is 1. The smallest absolute Gasteiger partial charge is 0.407 e. The van der Waals surface area contributed by atoms with Crippen LogP contribution in [0.5, 0.6) is 0 Å². The van der Waals surface area contributed by atoms with Gasteiger partial charge in [-0.3, -0.25) is 9.59 Å². The van der Waals surface area contributed by atoms with Crippen molar-refractivity contribution in [2.45, 2.75) is 12.8 Å². The number of hydrogen-bond acceptors (Lipinski definition) is 3. The van der Waals surface area contributed by atoms with Gasteiger partial charge < -0.3 is 15.1 Å². The molecular weight excluding hydrogens is 238 g/mol. The van der Waals surface area contributed by atoms with E-state index in [4.69, 9.17) is 21.8 Å². The number of nitrogens with zero attached hydrogens (tertiary/aromatic N) is 1. The average Bonchev–Trinajstić information content (AvgIpc) is 2.27. The van der Waals surface area contributed by atoms with E-state index in [-0.39, 0.29) is 31.8 Å². The van der Waals surface area contributed by atoms with Crippen LogP contribution in [-0.4, -0.2) is 51.9 Å². The average molecular weight is 250 g/mol. The summed E-state index contributed by atoms with van der Waals surface area (Å²) in [7, 11) is 0. The van der Waals surface area contributed by atoms with Crippen molar-refractivity contribution >= 4 is 29.4 Å². The molecule has 0 atom stereocenters. The quantitative estimate of drug-likeness (QED) is 0.565. The Balaban J connectivity index is 2.82. The molecule has 16 heavy (non-hydrogen) atoms. The molecule has 2 N–H and O–H groups in total. The summed E-state index contributed by atoms with van der Waals surface area (Å²) in [6, 6.07) is 0. The number of piperidine rings is 1. The van der Waals surface area contributed by atoms with Gasteiger partial charge in [0.1, 0.15) is 5.41 Å². The lowest BCUT2D eigenvalue weighted by molar-refractivity contribution is -0.157. The molecule has 0 bridgehead atoms. The molecule has 1 aliphatic heterocycles. The Morgan fingerprint density at radius 1 is 1.19 bits per heavy atom. The summed E-state index contributed by atoms with van der Waals surface area (Å²) in [5.41, 5.74) is -1.51. The highest BCUT2D eigenvalue weighted by molar-refractivity contribution is 6.30. The number of aliphatic carboxylic acids is 1. The fourth-order valence-electron chi connectivity index (χ4n) is 1.82. The Labute approximate surface area is 96.8 Å². The normalized spacial score (nSPS) is 19.2. The number of hydrogen-bond donors (Lipinski definition) is 2. The number of carboxylic acids is 1. The number of likely N-dealkylation sites (tertiary alicyclic amines) is 1. The maximum absolute atomic E-state index is 11.5. The Morgan fingerprint density at radius 2 is 1.69 bits per heavy atom. The second-order valence-corrected chi connectivity index (χ2v) is 3.98. The molecule has 0 aliphatic carbocycles. The molecule has 1 heterocycles. The third-order valence-corrected chi connectivity index (χ3v) is 3.19. The largest absolute Gasteiger partial charge is 0.480 e. The van der Waals surface area contributed by atoms with Crippen LogP contribution < -0.4 is 0 Å². The van der Waals surface area contributed by atoms with Gasteiger partial charge in [-0.2, -0.15) is 0 Å². The van der Waals surface area contributed by atoms with E-state index in [1.807, 2.05) is 0 Å². The van der Waals surface area contributed by atoms with Crippen molar-refractivity contribution in [3.05, 3.63) is 0 Å². The van der Waals surface area contributed by atoms with Crippen molar-refractivity contribution in [2.75, 3.05) is 19.0 Å². The summed E-state index contributed by atoms with van der Waals surface area (Å²) in [5.74, 6) is -2.13. The zero-order valence-corrected chi connectivity index (χ0v) is 9.24. The molecule has 0 radical (unpaired) electrons. The van der Waals surface area contributed by atoms with Crippen LogP contribution in [0.25, 0.3) is 0 Å². The number of rotatable bonds is 3. The van der Waals surface area contributed by atoms with E-state index in [1.54, 1.807) is 0 Å². The number of carboxylic acid groups (broad SMARTS) is 2. The third-order valence-electron chi connectivity index (χ3n) is 2.95. The first-order valence-corrected chi connectivity index (χ1v) is 5.28. The Morgan fingerprint density at radius 3 is 2.00 bits per heavy atom. The molecule has 0 saturated carbocycles. The molecule has 0 aromatic carbocycles. The molecule has 6 nitrogen and oxygen atoms in total. The van der Waals surface area contributed by atoms with E-state index in [2.05, 4.69) is 0 Å². The second-order valence-electron chi connectivity index (χ2n) is 3.71. The van der Waals surface area contributed by atoms with Crippen LogP contribution in [0.15, 0.2) is 0 Å². The maximum Gasteiger partial charge on any atom is 0.407 e. The van der Waals surface area contributed by atoms with Gasteiger partial charge in [-0.15, -0.1) is 11.6 Å². The van der Waals surface area contributed by atoms with Crippen LogP contribution in [0, 0.1) is 5.41 Å². The third kappa shape index (κ3) is 2.11. The van der Waals surface area contributed by atoms with E-state index in [9.17, 15) is 14.4 Å². The number of Topliss-reactive ketones (excluding diaryl/α,β-unsaturated/α-hetero) is 1. The van der Waals surface area contributed by atoms with Crippen LogP contribution in [0.4, 0.5) is 4.79 Å². The zero-order chi connectivity index (χ0) is 12.3. The van der Waals surface area contributed by atoms with Gasteiger partial charge in [-0.25, -0.2) is 4.79 Å². The second kappa shape index (κ2) is 4.69. The van der Waals surface area contributed by atoms with Crippen molar-refractivity contribution in [1.29, 1.82) is 0 Å². The highest BCUT2D eigenvalue weighted by Gasteiger charge is 2.47. The maximum atomic E-state index is 11.5. The first kappa shape index (κ1) is 12.8. The van der Waals surface area contributed by atoms with Gasteiger partial charge in [0.2, 0.25) is 0 Å². The monoisotopic (exact) mass is 249 g/mol. The molecule has 1 rings (SSSR count). The number of carbonyl (C=O) groups excluding carboxylic acids is 1. The van der Waals surface area contributed by atoms with Gasteiger partial charge in [-0.05, 0) is 12.8 Å². The van der Waals surface area contributed by atoms with Gasteiger partial charge >= 0.3 is 12.1 Å². The van der Waals surface area contributed by atoms with Crippen LogP contribution in [-0.2, 0) is 9.59 Å². The lowest BCUT2D eigenvalue weighted by Gasteiger charge is -2.36. The SMILES string of the molecule is O=C(O)N1CCC(C(=O)O)(C(=O)CCl)CC1. The number of alkyl halides is 1. The molecular formula is C9H12ClNO5. The zero-order valence-electron chi connectivity index (χ0n) is 8.48. The molecule has 1 saturated heterocycles. The predicted molar refractivity (Wildman–Crippen MR) is 54.6 cm³/mol. The number of amides is 1.